The van der Waals surface area contributed by atoms with Crippen molar-refractivity contribution in [2.75, 3.05) is 26.4 Å². The van der Waals surface area contributed by atoms with Crippen LogP contribution in [0.25, 0.3) is 43.1 Å². The molecule has 116 heavy (non-hydrogen) atoms. The summed E-state index contributed by atoms with van der Waals surface area (Å²) < 4.78 is 31.4. The first kappa shape index (κ1) is 81.8. The maximum absolute atomic E-state index is 16.3. The molecule has 16 bridgehead atoms. The SMILES string of the molecule is CCCCCCCCOc1cc(OCCCCCCCC)c2cc1Cn1c(=O)c3c(C#Cc4ccccc4)c4c(=O)n(c(=O)c4c(C#Cc4ccccc4)c3c1=O)Cc1cc(c(OCCCCCCCC)cc1OCCCCCCCC)Cn1c(=O)c3c(C#Cc4ccccc4)c4c(=O)n(c(=O)c4c(C#Cc4ccccc4)c3c1=O)C2. The molecule has 4 aliphatic rings. The maximum atomic E-state index is 16.3. The number of hydrogen-bond acceptors (Lipinski definition) is 12. The summed E-state index contributed by atoms with van der Waals surface area (Å²) in [6.07, 6.45) is 22.8. The highest BCUT2D eigenvalue weighted by Gasteiger charge is 2.33. The Morgan fingerprint density at radius 1 is 0.233 bits per heavy atom. The van der Waals surface area contributed by atoms with Crippen molar-refractivity contribution in [3.05, 3.63) is 295 Å². The molecule has 16 rings (SSSR count). The first-order valence-corrected chi connectivity index (χ1v) is 41.9. The summed E-state index contributed by atoms with van der Waals surface area (Å²) in [6.45, 7) is 7.65. The summed E-state index contributed by atoms with van der Waals surface area (Å²) in [5.74, 6) is 26.4. The Hall–Kier alpha value is -12.2. The highest BCUT2D eigenvalue weighted by molar-refractivity contribution is 6.11. The number of hydrogen-bond donors (Lipinski definition) is 0. The Balaban J connectivity index is 1.14. The van der Waals surface area contributed by atoms with Gasteiger partial charge in [-0.15, -0.1) is 0 Å². The molecule has 592 valence electrons. The molecule has 8 heterocycles. The third-order valence-electron chi connectivity index (χ3n) is 21.9. The van der Waals surface area contributed by atoms with Gasteiger partial charge in [-0.3, -0.25) is 56.6 Å². The van der Waals surface area contributed by atoms with Crippen LogP contribution in [0.4, 0.5) is 0 Å². The fourth-order valence-electron chi connectivity index (χ4n) is 15.6. The van der Waals surface area contributed by atoms with E-state index in [2.05, 4.69) is 75.1 Å². The Labute approximate surface area is 676 Å². The molecular formula is C100H100N4O12. The lowest BCUT2D eigenvalue weighted by Gasteiger charge is -2.18. The fraction of sp³-hybridized carbons (Fsp3) is 0.360. The average Bonchev–Trinajstić information content (AvgIpc) is 1.55. The minimum absolute atomic E-state index is 0.156. The first-order chi connectivity index (χ1) is 56.8. The summed E-state index contributed by atoms with van der Waals surface area (Å²) in [5, 5.41) is -1.86. The minimum Gasteiger partial charge on any atom is -0.493 e. The lowest BCUT2D eigenvalue weighted by atomic mass is 9.96. The largest absolute Gasteiger partial charge is 0.493 e. The zero-order valence-corrected chi connectivity index (χ0v) is 67.2. The van der Waals surface area contributed by atoms with Crippen LogP contribution in [0, 0.1) is 47.4 Å². The molecule has 16 heteroatoms. The van der Waals surface area contributed by atoms with E-state index in [0.717, 1.165) is 147 Å². The van der Waals surface area contributed by atoms with E-state index >= 15 is 38.4 Å². The van der Waals surface area contributed by atoms with Gasteiger partial charge in [-0.1, -0.05) is 276 Å². The molecule has 0 saturated carbocycles. The quantitative estimate of drug-likeness (QED) is 0.0286. The van der Waals surface area contributed by atoms with Gasteiger partial charge in [0.1, 0.15) is 23.0 Å². The van der Waals surface area contributed by atoms with Gasteiger partial charge in [-0.25, -0.2) is 0 Å². The zero-order chi connectivity index (χ0) is 80.9. The van der Waals surface area contributed by atoms with E-state index in [0.29, 0.717) is 47.9 Å². The number of rotatable bonds is 32. The van der Waals surface area contributed by atoms with Crippen LogP contribution >= 0.6 is 0 Å². The predicted octanol–water partition coefficient (Wildman–Crippen LogP) is 17.2. The molecule has 0 saturated heterocycles. The molecule has 0 radical (unpaired) electrons. The molecule has 12 aromatic rings. The summed E-state index contributed by atoms with van der Waals surface area (Å²) in [4.78, 5) is 131. The van der Waals surface area contributed by atoms with Gasteiger partial charge in [-0.2, -0.15) is 0 Å². The van der Waals surface area contributed by atoms with Gasteiger partial charge in [0.2, 0.25) is 0 Å². The molecule has 0 N–H and O–H groups in total. The Morgan fingerprint density at radius 2 is 0.414 bits per heavy atom. The van der Waals surface area contributed by atoms with Crippen molar-refractivity contribution in [3.8, 4) is 70.4 Å². The van der Waals surface area contributed by atoms with Crippen molar-refractivity contribution in [2.24, 2.45) is 0 Å². The molecule has 0 spiro atoms. The second-order valence-corrected chi connectivity index (χ2v) is 30.4. The van der Waals surface area contributed by atoms with E-state index in [-0.39, 0.29) is 137 Å². The Kier molecular flexibility index (Phi) is 28.0. The van der Waals surface area contributed by atoms with Crippen molar-refractivity contribution in [1.29, 1.82) is 0 Å². The van der Waals surface area contributed by atoms with E-state index in [1.54, 1.807) is 121 Å². The molecule has 0 atom stereocenters. The molecule has 4 aliphatic heterocycles. The van der Waals surface area contributed by atoms with Crippen molar-refractivity contribution in [1.82, 2.24) is 18.3 Å². The Bertz CT molecular complexity index is 5340. The number of ether oxygens (including phenoxy) is 4. The van der Waals surface area contributed by atoms with Crippen LogP contribution in [-0.4, -0.2) is 44.7 Å². The number of nitrogens with zero attached hydrogens (tertiary/aromatic N) is 4. The van der Waals surface area contributed by atoms with Crippen molar-refractivity contribution >= 4 is 43.1 Å². The molecule has 16 nitrogen and oxygen atoms in total. The van der Waals surface area contributed by atoms with Gasteiger partial charge in [0.05, 0.1) is 118 Å². The average molecular weight is 1550 g/mol. The smallest absolute Gasteiger partial charge is 0.263 e. The van der Waals surface area contributed by atoms with Crippen LogP contribution in [0.1, 0.15) is 249 Å². The zero-order valence-electron chi connectivity index (χ0n) is 67.2. The predicted molar refractivity (Wildman–Crippen MR) is 464 cm³/mol. The summed E-state index contributed by atoms with van der Waals surface area (Å²) >= 11 is 0. The first-order valence-electron chi connectivity index (χ1n) is 41.9. The van der Waals surface area contributed by atoms with Crippen LogP contribution in [0.3, 0.4) is 0 Å². The van der Waals surface area contributed by atoms with E-state index in [1.807, 2.05) is 24.3 Å². The van der Waals surface area contributed by atoms with Crippen LogP contribution in [0.2, 0.25) is 0 Å². The van der Waals surface area contributed by atoms with Crippen LogP contribution in [0.15, 0.2) is 184 Å². The van der Waals surface area contributed by atoms with Gasteiger partial charge in [0.15, 0.2) is 0 Å². The molecule has 0 unspecified atom stereocenters. The van der Waals surface area contributed by atoms with Crippen molar-refractivity contribution < 1.29 is 18.9 Å². The van der Waals surface area contributed by atoms with Crippen molar-refractivity contribution in [3.63, 3.8) is 0 Å². The number of unbranched alkanes of at least 4 members (excludes halogenated alkanes) is 20. The maximum Gasteiger partial charge on any atom is 0.263 e. The highest BCUT2D eigenvalue weighted by atomic mass is 16.5. The van der Waals surface area contributed by atoms with Crippen LogP contribution in [-0.2, 0) is 26.2 Å². The summed E-state index contributed by atoms with van der Waals surface area (Å²) in [7, 11) is 0. The van der Waals surface area contributed by atoms with Gasteiger partial charge in [0.25, 0.3) is 44.5 Å². The van der Waals surface area contributed by atoms with E-state index in [1.165, 1.54) is 0 Å². The second kappa shape index (κ2) is 39.7. The Morgan fingerprint density at radius 3 is 0.603 bits per heavy atom. The molecule has 0 aliphatic carbocycles. The van der Waals surface area contributed by atoms with Gasteiger partial charge in [0, 0.05) is 56.6 Å². The van der Waals surface area contributed by atoms with E-state index in [4.69, 9.17) is 18.9 Å². The normalized spacial score (nSPS) is 11.8. The standard InChI is InChI=1S/C100H100N4O12/c1-5-9-13-17-21-37-57-113-81-63-82(114-58-38-22-18-14-10-6-2)74-61-73(81)65-101-93(105)85-77(53-49-69-41-29-25-30-42-69)87-88(78(86(85)94(101)106)54-50-70-43-31-26-32-44-70)98(110)103(97(87)109)67-75-62-76(84(116-60-40-24-20-16-12-8-4)64-83(75)115-59-39-23-19-15-11-7-3)68-104-99(111)91-79(55-51-71-45-33-27-34-46-71)89-90(96(108)102(66-74)95(89)107)80(92(91)100(104)112)56-52-72-47-35-28-36-48-72/h25-36,41-48,61-64H,5-24,37-40,57-60,65-68H2,1-4H3. The van der Waals surface area contributed by atoms with Crippen LogP contribution < -0.4 is 63.4 Å². The summed E-state index contributed by atoms with van der Waals surface area (Å²) in [5.41, 5.74) is -4.09. The lowest BCUT2D eigenvalue weighted by Crippen LogP contribution is -2.28. The highest BCUT2D eigenvalue weighted by Crippen LogP contribution is 2.37. The third kappa shape index (κ3) is 18.6. The van der Waals surface area contributed by atoms with E-state index < -0.39 is 70.7 Å². The fourth-order valence-corrected chi connectivity index (χ4v) is 15.6. The summed E-state index contributed by atoms with van der Waals surface area (Å²) in [6, 6.07) is 42.6. The molecule has 0 amide bonds. The number of benzene rings is 8. The van der Waals surface area contributed by atoms with Crippen molar-refractivity contribution in [2.45, 2.75) is 208 Å². The van der Waals surface area contributed by atoms with E-state index in [9.17, 15) is 0 Å². The molecule has 0 fully saturated rings. The van der Waals surface area contributed by atoms with Gasteiger partial charge in [-0.05, 0) is 86.3 Å². The lowest BCUT2D eigenvalue weighted by molar-refractivity contribution is 0.285. The topological polar surface area (TPSA) is 193 Å². The molecular weight excluding hydrogens is 1450 g/mol. The van der Waals surface area contributed by atoms with Gasteiger partial charge >= 0.3 is 0 Å². The molecule has 4 aromatic heterocycles. The third-order valence-corrected chi connectivity index (χ3v) is 21.9. The van der Waals surface area contributed by atoms with Crippen LogP contribution in [0.5, 0.6) is 23.0 Å². The minimum atomic E-state index is -0.831. The van der Waals surface area contributed by atoms with Gasteiger partial charge < -0.3 is 18.9 Å². The second-order valence-electron chi connectivity index (χ2n) is 30.4. The number of aromatic nitrogens is 4. The molecule has 8 aromatic carbocycles. The monoisotopic (exact) mass is 1550 g/mol.